The summed E-state index contributed by atoms with van der Waals surface area (Å²) in [6.07, 6.45) is 2.84. The monoisotopic (exact) mass is 297 g/mol. The zero-order valence-corrected chi connectivity index (χ0v) is 12.4. The lowest BCUT2D eigenvalue weighted by molar-refractivity contribution is -0.126. The maximum Gasteiger partial charge on any atom is 0.253 e. The van der Waals surface area contributed by atoms with E-state index < -0.39 is 15.9 Å². The summed E-state index contributed by atoms with van der Waals surface area (Å²) in [5.41, 5.74) is 0.293. The minimum atomic E-state index is -3.38. The molecule has 2 rings (SSSR count). The summed E-state index contributed by atoms with van der Waals surface area (Å²) in [6, 6.07) is 6.35. The van der Waals surface area contributed by atoms with E-state index in [1.54, 1.807) is 25.1 Å². The lowest BCUT2D eigenvalue weighted by Crippen LogP contribution is -2.29. The number of nitrogens with one attached hydrogen (secondary N) is 1. The summed E-state index contributed by atoms with van der Waals surface area (Å²) in [5, 5.41) is 2.62. The molecule has 1 aromatic carbocycles. The quantitative estimate of drug-likeness (QED) is 0.869. The van der Waals surface area contributed by atoms with Crippen LogP contribution >= 0.6 is 0 Å². The van der Waals surface area contributed by atoms with Crippen LogP contribution in [0.1, 0.15) is 19.8 Å². The lowest BCUT2D eigenvalue weighted by atomic mass is 10.3. The van der Waals surface area contributed by atoms with Crippen molar-refractivity contribution in [1.29, 1.82) is 0 Å². The van der Waals surface area contributed by atoms with E-state index in [4.69, 9.17) is 4.74 Å². The summed E-state index contributed by atoms with van der Waals surface area (Å²) >= 11 is 0. The zero-order valence-electron chi connectivity index (χ0n) is 11.6. The maximum atomic E-state index is 12.0. The third-order valence-corrected chi connectivity index (χ3v) is 4.35. The van der Waals surface area contributed by atoms with Crippen LogP contribution in [0.3, 0.4) is 0 Å². The third-order valence-electron chi connectivity index (χ3n) is 3.19. The smallest absolute Gasteiger partial charge is 0.253 e. The minimum absolute atomic E-state index is 0.114. The number of anilines is 1. The highest BCUT2D eigenvalue weighted by Gasteiger charge is 2.24. The number of carbonyl (C=O) groups excluding carboxylic acids is 1. The Kier molecular flexibility index (Phi) is 4.45. The molecule has 1 fully saturated rings. The number of para-hydroxylation sites is 1. The van der Waals surface area contributed by atoms with E-state index in [2.05, 4.69) is 5.32 Å². The Hall–Kier alpha value is -1.40. The summed E-state index contributed by atoms with van der Waals surface area (Å²) in [5.74, 6) is 0.246. The van der Waals surface area contributed by atoms with E-state index >= 15 is 0 Å². The van der Waals surface area contributed by atoms with Crippen molar-refractivity contribution in [2.75, 3.05) is 18.2 Å². The van der Waals surface area contributed by atoms with Crippen molar-refractivity contribution in [3.8, 4) is 0 Å². The van der Waals surface area contributed by atoms with Crippen LogP contribution in [-0.2, 0) is 19.4 Å². The standard InChI is InChI=1S/C14H19NO4S/c1-10(19-9-11-7-8-11)14(16)15-12-5-3-4-6-13(12)20(2,17)18/h3-6,10-11H,7-9H2,1-2H3,(H,15,16). The number of carbonyl (C=O) groups is 1. The molecule has 6 heteroatoms. The van der Waals surface area contributed by atoms with Crippen LogP contribution in [0.2, 0.25) is 0 Å². The first kappa shape index (κ1) is 15.0. The van der Waals surface area contributed by atoms with E-state index in [0.717, 1.165) is 19.1 Å². The topological polar surface area (TPSA) is 72.5 Å². The average Bonchev–Trinajstić information content (AvgIpc) is 3.19. The molecule has 20 heavy (non-hydrogen) atoms. The fourth-order valence-electron chi connectivity index (χ4n) is 1.77. The summed E-state index contributed by atoms with van der Waals surface area (Å²) in [4.78, 5) is 12.1. The van der Waals surface area contributed by atoms with Gasteiger partial charge in [-0.05, 0) is 37.8 Å². The number of benzene rings is 1. The van der Waals surface area contributed by atoms with Crippen LogP contribution in [0.5, 0.6) is 0 Å². The van der Waals surface area contributed by atoms with Crippen molar-refractivity contribution in [2.24, 2.45) is 5.92 Å². The molecule has 1 N–H and O–H groups in total. The van der Waals surface area contributed by atoms with E-state index in [0.29, 0.717) is 18.2 Å². The fraction of sp³-hybridized carbons (Fsp3) is 0.500. The van der Waals surface area contributed by atoms with Crippen molar-refractivity contribution in [1.82, 2.24) is 0 Å². The summed E-state index contributed by atoms with van der Waals surface area (Å²) in [6.45, 7) is 2.25. The van der Waals surface area contributed by atoms with Gasteiger partial charge in [0.25, 0.3) is 5.91 Å². The molecule has 1 unspecified atom stereocenters. The second-order valence-corrected chi connectivity index (χ2v) is 7.16. The van der Waals surface area contributed by atoms with E-state index in [1.807, 2.05) is 0 Å². The van der Waals surface area contributed by atoms with Crippen LogP contribution in [0.4, 0.5) is 5.69 Å². The van der Waals surface area contributed by atoms with Gasteiger partial charge in [-0.3, -0.25) is 4.79 Å². The molecule has 0 aliphatic heterocycles. The molecule has 0 radical (unpaired) electrons. The normalized spacial score (nSPS) is 16.7. The predicted molar refractivity (Wildman–Crippen MR) is 76.3 cm³/mol. The van der Waals surface area contributed by atoms with Crippen LogP contribution in [0.25, 0.3) is 0 Å². The third kappa shape index (κ3) is 4.05. The number of sulfone groups is 1. The second kappa shape index (κ2) is 5.93. The Morgan fingerprint density at radius 3 is 2.65 bits per heavy atom. The minimum Gasteiger partial charge on any atom is -0.368 e. The summed E-state index contributed by atoms with van der Waals surface area (Å²) < 4.78 is 28.8. The molecular weight excluding hydrogens is 278 g/mol. The highest BCUT2D eigenvalue weighted by Crippen LogP contribution is 2.29. The van der Waals surface area contributed by atoms with Gasteiger partial charge < -0.3 is 10.1 Å². The molecule has 0 heterocycles. The molecular formula is C14H19NO4S. The second-order valence-electron chi connectivity index (χ2n) is 5.18. The van der Waals surface area contributed by atoms with Gasteiger partial charge in [-0.15, -0.1) is 0 Å². The SMILES string of the molecule is CC(OCC1CC1)C(=O)Nc1ccccc1S(C)(=O)=O. The Balaban J connectivity index is 2.03. The highest BCUT2D eigenvalue weighted by molar-refractivity contribution is 7.90. The Morgan fingerprint density at radius 2 is 2.05 bits per heavy atom. The molecule has 1 aromatic rings. The first-order chi connectivity index (χ1) is 9.38. The van der Waals surface area contributed by atoms with Gasteiger partial charge in [0.05, 0.1) is 17.2 Å². The molecule has 1 amide bonds. The van der Waals surface area contributed by atoms with Crippen LogP contribution < -0.4 is 5.32 Å². The summed E-state index contributed by atoms with van der Waals surface area (Å²) in [7, 11) is -3.38. The fourth-order valence-corrected chi connectivity index (χ4v) is 2.61. The van der Waals surface area contributed by atoms with Gasteiger partial charge in [-0.1, -0.05) is 12.1 Å². The van der Waals surface area contributed by atoms with E-state index in [1.165, 1.54) is 6.07 Å². The average molecular weight is 297 g/mol. The van der Waals surface area contributed by atoms with Crippen LogP contribution in [0, 0.1) is 5.92 Å². The first-order valence-electron chi connectivity index (χ1n) is 6.59. The van der Waals surface area contributed by atoms with Gasteiger partial charge >= 0.3 is 0 Å². The lowest BCUT2D eigenvalue weighted by Gasteiger charge is -2.14. The van der Waals surface area contributed by atoms with Crippen molar-refractivity contribution >= 4 is 21.4 Å². The molecule has 1 aliphatic carbocycles. The van der Waals surface area contributed by atoms with Crippen molar-refractivity contribution in [3.05, 3.63) is 24.3 Å². The predicted octanol–water partition coefficient (Wildman–Crippen LogP) is 1.84. The molecule has 1 aliphatic rings. The van der Waals surface area contributed by atoms with Gasteiger partial charge in [0.1, 0.15) is 6.10 Å². The maximum absolute atomic E-state index is 12.0. The molecule has 0 aromatic heterocycles. The molecule has 0 saturated heterocycles. The first-order valence-corrected chi connectivity index (χ1v) is 8.48. The molecule has 1 atom stereocenters. The Morgan fingerprint density at radius 1 is 1.40 bits per heavy atom. The van der Waals surface area contributed by atoms with Gasteiger partial charge in [0, 0.05) is 6.26 Å². The van der Waals surface area contributed by atoms with Crippen molar-refractivity contribution in [3.63, 3.8) is 0 Å². The Bertz CT molecular complexity index is 593. The van der Waals surface area contributed by atoms with Crippen LogP contribution in [-0.4, -0.2) is 33.3 Å². The molecule has 0 spiro atoms. The molecule has 110 valence electrons. The van der Waals surface area contributed by atoms with Crippen molar-refractivity contribution in [2.45, 2.75) is 30.8 Å². The number of ether oxygens (including phenoxy) is 1. The van der Waals surface area contributed by atoms with E-state index in [9.17, 15) is 13.2 Å². The van der Waals surface area contributed by atoms with E-state index in [-0.39, 0.29) is 10.8 Å². The van der Waals surface area contributed by atoms with Gasteiger partial charge in [0.15, 0.2) is 9.84 Å². The van der Waals surface area contributed by atoms with Crippen molar-refractivity contribution < 1.29 is 17.9 Å². The number of amides is 1. The molecule has 1 saturated carbocycles. The Labute approximate surface area is 119 Å². The van der Waals surface area contributed by atoms with Gasteiger partial charge in [0.2, 0.25) is 0 Å². The van der Waals surface area contributed by atoms with Gasteiger partial charge in [-0.25, -0.2) is 8.42 Å². The largest absolute Gasteiger partial charge is 0.368 e. The number of rotatable bonds is 6. The van der Waals surface area contributed by atoms with Gasteiger partial charge in [-0.2, -0.15) is 0 Å². The highest BCUT2D eigenvalue weighted by atomic mass is 32.2. The number of hydrogen-bond acceptors (Lipinski definition) is 4. The zero-order chi connectivity index (χ0) is 14.8. The molecule has 0 bridgehead atoms. The van der Waals surface area contributed by atoms with Crippen LogP contribution in [0.15, 0.2) is 29.2 Å². The molecule has 5 nitrogen and oxygen atoms in total. The number of hydrogen-bond donors (Lipinski definition) is 1.